The van der Waals surface area contributed by atoms with Crippen molar-refractivity contribution in [3.8, 4) is 5.75 Å². The lowest BCUT2D eigenvalue weighted by Gasteiger charge is -2.16. The number of aryl methyl sites for hydroxylation is 1. The number of benzene rings is 1. The van der Waals surface area contributed by atoms with E-state index >= 15 is 0 Å². The van der Waals surface area contributed by atoms with Gasteiger partial charge < -0.3 is 20.3 Å². The molecule has 2 rings (SSSR count). The van der Waals surface area contributed by atoms with Crippen LogP contribution in [0.1, 0.15) is 29.2 Å². The Morgan fingerprint density at radius 2 is 1.88 bits per heavy atom. The van der Waals surface area contributed by atoms with Crippen molar-refractivity contribution in [1.82, 2.24) is 10.2 Å². The summed E-state index contributed by atoms with van der Waals surface area (Å²) >= 11 is 0. The quantitative estimate of drug-likeness (QED) is 0.638. The summed E-state index contributed by atoms with van der Waals surface area (Å²) in [5, 5.41) is 5.27. The van der Waals surface area contributed by atoms with Crippen LogP contribution < -0.4 is 16.0 Å². The normalized spacial score (nSPS) is 11.8. The van der Waals surface area contributed by atoms with Crippen molar-refractivity contribution in [3.63, 3.8) is 0 Å². The molecule has 1 heterocycles. The Kier molecular flexibility index (Phi) is 5.41. The maximum Gasteiger partial charge on any atom is 0.306 e. The number of primary amides is 1. The van der Waals surface area contributed by atoms with E-state index in [1.54, 1.807) is 31.2 Å². The number of aromatic amines is 2. The summed E-state index contributed by atoms with van der Waals surface area (Å²) in [6.07, 6.45) is 0.0275. The highest BCUT2D eigenvalue weighted by molar-refractivity contribution is 5.75. The average Bonchev–Trinajstić information content (AvgIpc) is 2.90. The van der Waals surface area contributed by atoms with Gasteiger partial charge in [-0.15, -0.1) is 0 Å². The molecule has 4 N–H and O–H groups in total. The molecule has 1 aromatic heterocycles. The molecule has 0 spiro atoms. The summed E-state index contributed by atoms with van der Waals surface area (Å²) in [5.41, 5.74) is 6.63. The summed E-state index contributed by atoms with van der Waals surface area (Å²) in [5.74, 6) is -0.988. The van der Waals surface area contributed by atoms with E-state index in [0.717, 1.165) is 5.56 Å². The Bertz CT molecular complexity index is 776. The number of carbonyl (C=O) groups excluding carboxylic acids is 2. The van der Waals surface area contributed by atoms with Crippen LogP contribution in [0, 0.1) is 6.92 Å². The Morgan fingerprint density at radius 1 is 1.21 bits per heavy atom. The standard InChI is InChI=1S/C16H19N3O5/c1-9-15(16(22)19-18-9)12(7-14(21)23-2)10-3-5-11(6-4-10)24-8-13(17)20/h3-6,12H,7-8H2,1-2H3,(H2,17,20)(H2,18,19,22). The number of methoxy groups -OCH3 is 1. The Labute approximate surface area is 137 Å². The minimum atomic E-state index is -0.572. The molecule has 0 saturated heterocycles. The van der Waals surface area contributed by atoms with Crippen molar-refractivity contribution >= 4 is 11.9 Å². The molecule has 0 aliphatic heterocycles. The summed E-state index contributed by atoms with van der Waals surface area (Å²) in [6.45, 7) is 1.53. The predicted molar refractivity (Wildman–Crippen MR) is 85.8 cm³/mol. The molecule has 8 heteroatoms. The van der Waals surface area contributed by atoms with Crippen molar-refractivity contribution in [3.05, 3.63) is 51.4 Å². The van der Waals surface area contributed by atoms with Crippen LogP contribution >= 0.6 is 0 Å². The SMILES string of the molecule is COC(=O)CC(c1ccc(OCC(N)=O)cc1)c1c(C)[nH][nH]c1=O. The molecule has 2 aromatic rings. The monoisotopic (exact) mass is 333 g/mol. The summed E-state index contributed by atoms with van der Waals surface area (Å²) in [6, 6.07) is 6.77. The number of carbonyl (C=O) groups is 2. The average molecular weight is 333 g/mol. The smallest absolute Gasteiger partial charge is 0.306 e. The largest absolute Gasteiger partial charge is 0.484 e. The van der Waals surface area contributed by atoms with Crippen LogP contribution in [-0.4, -0.2) is 35.8 Å². The molecule has 1 unspecified atom stereocenters. The fourth-order valence-electron chi connectivity index (χ4n) is 2.46. The van der Waals surface area contributed by atoms with Gasteiger partial charge in [-0.05, 0) is 24.6 Å². The van der Waals surface area contributed by atoms with Crippen molar-refractivity contribution in [2.45, 2.75) is 19.3 Å². The molecule has 0 aliphatic carbocycles. The van der Waals surface area contributed by atoms with E-state index in [2.05, 4.69) is 10.2 Å². The fraction of sp³-hybridized carbons (Fsp3) is 0.312. The lowest BCUT2D eigenvalue weighted by molar-refractivity contribution is -0.140. The van der Waals surface area contributed by atoms with Crippen LogP contribution in [-0.2, 0) is 14.3 Å². The van der Waals surface area contributed by atoms with Gasteiger partial charge in [-0.3, -0.25) is 19.5 Å². The highest BCUT2D eigenvalue weighted by atomic mass is 16.5. The molecule has 1 atom stereocenters. The van der Waals surface area contributed by atoms with E-state index in [9.17, 15) is 14.4 Å². The molecule has 0 radical (unpaired) electrons. The first-order valence-electron chi connectivity index (χ1n) is 7.27. The Balaban J connectivity index is 2.32. The molecule has 1 aromatic carbocycles. The molecule has 0 bridgehead atoms. The second-order valence-corrected chi connectivity index (χ2v) is 5.27. The second kappa shape index (κ2) is 7.49. The van der Waals surface area contributed by atoms with Gasteiger partial charge in [-0.1, -0.05) is 12.1 Å². The number of ether oxygens (including phenoxy) is 2. The van der Waals surface area contributed by atoms with E-state index in [0.29, 0.717) is 17.0 Å². The molecular formula is C16H19N3O5. The van der Waals surface area contributed by atoms with E-state index in [-0.39, 0.29) is 18.6 Å². The Morgan fingerprint density at radius 3 is 2.38 bits per heavy atom. The van der Waals surface area contributed by atoms with Gasteiger partial charge in [0.25, 0.3) is 11.5 Å². The summed E-state index contributed by atoms with van der Waals surface area (Å²) in [7, 11) is 1.30. The van der Waals surface area contributed by atoms with E-state index < -0.39 is 17.8 Å². The molecule has 0 saturated carbocycles. The number of nitrogens with two attached hydrogens (primary N) is 1. The molecule has 0 aliphatic rings. The van der Waals surface area contributed by atoms with Crippen LogP contribution in [0.5, 0.6) is 5.75 Å². The predicted octanol–water partition coefficient (Wildman–Crippen LogP) is 0.571. The number of nitrogens with one attached hydrogen (secondary N) is 2. The van der Waals surface area contributed by atoms with Gasteiger partial charge in [-0.25, -0.2) is 0 Å². The van der Waals surface area contributed by atoms with Crippen LogP contribution in [0.3, 0.4) is 0 Å². The highest BCUT2D eigenvalue weighted by Gasteiger charge is 2.24. The molecule has 0 fully saturated rings. The topological polar surface area (TPSA) is 127 Å². The third-order valence-corrected chi connectivity index (χ3v) is 3.62. The van der Waals surface area contributed by atoms with Crippen LogP contribution in [0.25, 0.3) is 0 Å². The zero-order valence-corrected chi connectivity index (χ0v) is 13.4. The number of aromatic nitrogens is 2. The number of rotatable bonds is 7. The van der Waals surface area contributed by atoms with Crippen LogP contribution in [0.15, 0.2) is 29.1 Å². The van der Waals surface area contributed by atoms with Crippen LogP contribution in [0.2, 0.25) is 0 Å². The molecule has 24 heavy (non-hydrogen) atoms. The number of H-pyrrole nitrogens is 2. The van der Waals surface area contributed by atoms with Crippen molar-refractivity contribution in [2.75, 3.05) is 13.7 Å². The zero-order chi connectivity index (χ0) is 17.7. The number of amides is 1. The van der Waals surface area contributed by atoms with E-state index in [4.69, 9.17) is 15.2 Å². The van der Waals surface area contributed by atoms with Crippen molar-refractivity contribution in [2.24, 2.45) is 5.73 Å². The first kappa shape index (κ1) is 17.3. The molecule has 8 nitrogen and oxygen atoms in total. The lowest BCUT2D eigenvalue weighted by Crippen LogP contribution is -2.20. The van der Waals surface area contributed by atoms with Gasteiger partial charge >= 0.3 is 5.97 Å². The van der Waals surface area contributed by atoms with E-state index in [1.807, 2.05) is 0 Å². The molecular weight excluding hydrogens is 314 g/mol. The summed E-state index contributed by atoms with van der Waals surface area (Å²) < 4.78 is 9.93. The van der Waals surface area contributed by atoms with Crippen LogP contribution in [0.4, 0.5) is 0 Å². The number of hydrogen-bond acceptors (Lipinski definition) is 5. The van der Waals surface area contributed by atoms with E-state index in [1.165, 1.54) is 7.11 Å². The summed E-state index contributed by atoms with van der Waals surface area (Å²) in [4.78, 5) is 34.5. The first-order valence-corrected chi connectivity index (χ1v) is 7.27. The first-order chi connectivity index (χ1) is 11.4. The van der Waals surface area contributed by atoms with Crippen molar-refractivity contribution in [1.29, 1.82) is 0 Å². The minimum Gasteiger partial charge on any atom is -0.484 e. The zero-order valence-electron chi connectivity index (χ0n) is 13.4. The van der Waals surface area contributed by atoms with Gasteiger partial charge in [0.05, 0.1) is 13.5 Å². The number of hydrogen-bond donors (Lipinski definition) is 3. The van der Waals surface area contributed by atoms with Gasteiger partial charge in [0.15, 0.2) is 6.61 Å². The lowest BCUT2D eigenvalue weighted by atomic mass is 9.88. The third-order valence-electron chi connectivity index (χ3n) is 3.62. The van der Waals surface area contributed by atoms with Gasteiger partial charge in [0, 0.05) is 17.2 Å². The molecule has 128 valence electrons. The molecule has 1 amide bonds. The van der Waals surface area contributed by atoms with Gasteiger partial charge in [0.1, 0.15) is 5.75 Å². The van der Waals surface area contributed by atoms with Gasteiger partial charge in [-0.2, -0.15) is 0 Å². The highest BCUT2D eigenvalue weighted by Crippen LogP contribution is 2.29. The van der Waals surface area contributed by atoms with Gasteiger partial charge in [0.2, 0.25) is 0 Å². The number of esters is 1. The Hall–Kier alpha value is -3.03. The maximum absolute atomic E-state index is 12.1. The second-order valence-electron chi connectivity index (χ2n) is 5.27. The minimum absolute atomic E-state index is 0.0275. The van der Waals surface area contributed by atoms with Crippen molar-refractivity contribution < 1.29 is 19.1 Å². The third kappa shape index (κ3) is 4.03. The maximum atomic E-state index is 12.1. The fourth-order valence-corrected chi connectivity index (χ4v) is 2.46.